The van der Waals surface area contributed by atoms with Crippen LogP contribution in [0.1, 0.15) is 16.4 Å². The van der Waals surface area contributed by atoms with Crippen molar-refractivity contribution in [3.05, 3.63) is 139 Å². The van der Waals surface area contributed by atoms with Crippen molar-refractivity contribution < 1.29 is 9.59 Å². The van der Waals surface area contributed by atoms with Gasteiger partial charge in [0.25, 0.3) is 0 Å². The van der Waals surface area contributed by atoms with Crippen LogP contribution in [-0.4, -0.2) is 11.8 Å². The van der Waals surface area contributed by atoms with E-state index in [2.05, 4.69) is 16.7 Å². The van der Waals surface area contributed by atoms with E-state index >= 15 is 0 Å². The van der Waals surface area contributed by atoms with Crippen LogP contribution in [0.2, 0.25) is 0 Å². The van der Waals surface area contributed by atoms with E-state index in [0.717, 1.165) is 38.2 Å². The highest BCUT2D eigenvalue weighted by Crippen LogP contribution is 2.37. The van der Waals surface area contributed by atoms with E-state index in [1.807, 2.05) is 121 Å². The summed E-state index contributed by atoms with van der Waals surface area (Å²) >= 11 is 1.48. The molecule has 0 aliphatic rings. The Morgan fingerprint density at radius 1 is 0.622 bits per heavy atom. The maximum atomic E-state index is 13.5. The Kier molecular flexibility index (Phi) is 7.63. The zero-order valence-corrected chi connectivity index (χ0v) is 21.0. The Balaban J connectivity index is 1.29. The predicted molar refractivity (Wildman–Crippen MR) is 153 cm³/mol. The molecule has 2 amide bonds. The van der Waals surface area contributed by atoms with Gasteiger partial charge >= 0.3 is 0 Å². The van der Waals surface area contributed by atoms with Crippen LogP contribution >= 0.6 is 11.8 Å². The molecular formula is C32H26N2O2S. The van der Waals surface area contributed by atoms with Crippen molar-refractivity contribution >= 4 is 45.7 Å². The second-order valence-corrected chi connectivity index (χ2v) is 9.87. The molecule has 0 saturated heterocycles. The highest BCUT2D eigenvalue weighted by Gasteiger charge is 2.22. The number of carbonyl (C=O) groups is 2. The number of nitrogens with one attached hydrogen (secondary N) is 2. The van der Waals surface area contributed by atoms with E-state index in [-0.39, 0.29) is 11.8 Å². The number of carbonyl (C=O) groups excluding carboxylic acids is 2. The lowest BCUT2D eigenvalue weighted by atomic mass is 10.1. The number of hydrogen-bond acceptors (Lipinski definition) is 3. The number of anilines is 2. The van der Waals surface area contributed by atoms with Crippen molar-refractivity contribution in [3.8, 4) is 0 Å². The molecule has 0 aromatic heterocycles. The summed E-state index contributed by atoms with van der Waals surface area (Å²) in [4.78, 5) is 26.8. The molecule has 0 aliphatic carbocycles. The van der Waals surface area contributed by atoms with Gasteiger partial charge in [-0.15, -0.1) is 11.8 Å². The van der Waals surface area contributed by atoms with Gasteiger partial charge in [0.05, 0.1) is 6.42 Å². The predicted octanol–water partition coefficient (Wildman–Crippen LogP) is 7.49. The van der Waals surface area contributed by atoms with Gasteiger partial charge < -0.3 is 10.6 Å². The largest absolute Gasteiger partial charge is 0.326 e. The average Bonchev–Trinajstić information content (AvgIpc) is 2.93. The summed E-state index contributed by atoms with van der Waals surface area (Å²) in [5, 5.41) is 7.81. The minimum atomic E-state index is -0.439. The zero-order chi connectivity index (χ0) is 25.5. The second kappa shape index (κ2) is 11.6. The van der Waals surface area contributed by atoms with Crippen LogP contribution in [0.25, 0.3) is 10.8 Å². The van der Waals surface area contributed by atoms with Crippen molar-refractivity contribution in [2.45, 2.75) is 16.6 Å². The Labute approximate surface area is 220 Å². The van der Waals surface area contributed by atoms with Crippen molar-refractivity contribution in [1.82, 2.24) is 0 Å². The minimum absolute atomic E-state index is 0.0662. The van der Waals surface area contributed by atoms with Gasteiger partial charge in [-0.25, -0.2) is 0 Å². The molecule has 37 heavy (non-hydrogen) atoms. The van der Waals surface area contributed by atoms with Gasteiger partial charge in [0, 0.05) is 16.3 Å². The van der Waals surface area contributed by atoms with E-state index in [9.17, 15) is 9.59 Å². The fraction of sp³-hybridized carbons (Fsp3) is 0.0625. The monoisotopic (exact) mass is 502 g/mol. The summed E-state index contributed by atoms with van der Waals surface area (Å²) in [6.45, 7) is 0. The van der Waals surface area contributed by atoms with Crippen LogP contribution < -0.4 is 10.6 Å². The van der Waals surface area contributed by atoms with Gasteiger partial charge in [-0.3, -0.25) is 9.59 Å². The van der Waals surface area contributed by atoms with Crippen LogP contribution in [0.5, 0.6) is 0 Å². The van der Waals surface area contributed by atoms with Gasteiger partial charge in [0.1, 0.15) is 5.25 Å². The third-order valence-electron chi connectivity index (χ3n) is 5.96. The van der Waals surface area contributed by atoms with Gasteiger partial charge in [0.15, 0.2) is 0 Å². The molecule has 5 aromatic rings. The summed E-state index contributed by atoms with van der Waals surface area (Å²) in [6, 6.07) is 41.0. The van der Waals surface area contributed by atoms with E-state index in [4.69, 9.17) is 0 Å². The molecule has 0 radical (unpaired) electrons. The molecule has 5 aromatic carbocycles. The Hall–Kier alpha value is -4.35. The number of hydrogen-bond donors (Lipinski definition) is 2. The summed E-state index contributed by atoms with van der Waals surface area (Å²) in [5.41, 5.74) is 3.38. The third kappa shape index (κ3) is 6.46. The van der Waals surface area contributed by atoms with E-state index < -0.39 is 5.25 Å². The molecule has 0 heterocycles. The first kappa shape index (κ1) is 24.3. The van der Waals surface area contributed by atoms with Crippen LogP contribution in [0.3, 0.4) is 0 Å². The number of benzene rings is 5. The average molecular weight is 503 g/mol. The molecular weight excluding hydrogens is 476 g/mol. The molecule has 1 atom stereocenters. The highest BCUT2D eigenvalue weighted by molar-refractivity contribution is 8.00. The first-order valence-corrected chi connectivity index (χ1v) is 13.0. The summed E-state index contributed by atoms with van der Waals surface area (Å²) in [7, 11) is 0. The molecule has 4 nitrogen and oxygen atoms in total. The fourth-order valence-electron chi connectivity index (χ4n) is 4.12. The standard InChI is InChI=1S/C32H26N2O2S/c35-30(21-23-9-3-1-4-10-23)33-27-17-19-29(20-18-27)37-31(25-12-5-2-6-13-25)32(36)34-28-16-15-24-11-7-8-14-26(24)22-28/h1-20,22,31H,21H2,(H,33,35)(H,34,36). The maximum absolute atomic E-state index is 13.5. The molecule has 182 valence electrons. The topological polar surface area (TPSA) is 58.2 Å². The van der Waals surface area contributed by atoms with E-state index in [1.54, 1.807) is 0 Å². The van der Waals surface area contributed by atoms with E-state index in [0.29, 0.717) is 6.42 Å². The Morgan fingerprint density at radius 2 is 1.24 bits per heavy atom. The number of amides is 2. The molecule has 0 aliphatic heterocycles. The number of fused-ring (bicyclic) bond motifs is 1. The molecule has 2 N–H and O–H groups in total. The second-order valence-electron chi connectivity index (χ2n) is 8.69. The minimum Gasteiger partial charge on any atom is -0.326 e. The summed E-state index contributed by atoms with van der Waals surface area (Å²) in [6.07, 6.45) is 0.322. The smallest absolute Gasteiger partial charge is 0.242 e. The van der Waals surface area contributed by atoms with Crippen LogP contribution in [0.4, 0.5) is 11.4 Å². The molecule has 5 rings (SSSR count). The highest BCUT2D eigenvalue weighted by atomic mass is 32.2. The van der Waals surface area contributed by atoms with E-state index in [1.165, 1.54) is 11.8 Å². The Bertz CT molecular complexity index is 1500. The van der Waals surface area contributed by atoms with Gasteiger partial charge in [-0.1, -0.05) is 91.0 Å². The number of rotatable bonds is 8. The first-order chi connectivity index (χ1) is 18.1. The zero-order valence-electron chi connectivity index (χ0n) is 20.1. The van der Waals surface area contributed by atoms with Crippen LogP contribution in [-0.2, 0) is 16.0 Å². The SMILES string of the molecule is O=C(Cc1ccccc1)Nc1ccc(SC(C(=O)Nc2ccc3ccccc3c2)c2ccccc2)cc1. The molecule has 1 unspecified atom stereocenters. The molecule has 0 saturated carbocycles. The first-order valence-electron chi connectivity index (χ1n) is 12.1. The Morgan fingerprint density at radius 3 is 1.97 bits per heavy atom. The van der Waals surface area contributed by atoms with Crippen molar-refractivity contribution in [2.75, 3.05) is 10.6 Å². The quantitative estimate of drug-likeness (QED) is 0.216. The van der Waals surface area contributed by atoms with Crippen molar-refractivity contribution in [1.29, 1.82) is 0 Å². The lowest BCUT2D eigenvalue weighted by molar-refractivity contribution is -0.116. The normalized spacial score (nSPS) is 11.6. The molecule has 5 heteroatoms. The molecule has 0 spiro atoms. The van der Waals surface area contributed by atoms with Crippen LogP contribution in [0.15, 0.2) is 132 Å². The summed E-state index contributed by atoms with van der Waals surface area (Å²) in [5.74, 6) is -0.157. The van der Waals surface area contributed by atoms with Crippen LogP contribution in [0, 0.1) is 0 Å². The van der Waals surface area contributed by atoms with Gasteiger partial charge in [-0.05, 0) is 58.3 Å². The molecule has 0 bridgehead atoms. The maximum Gasteiger partial charge on any atom is 0.242 e. The van der Waals surface area contributed by atoms with Gasteiger partial charge in [-0.2, -0.15) is 0 Å². The number of thioether (sulfide) groups is 1. The lowest BCUT2D eigenvalue weighted by Crippen LogP contribution is -2.19. The lowest BCUT2D eigenvalue weighted by Gasteiger charge is -2.18. The third-order valence-corrected chi connectivity index (χ3v) is 7.22. The van der Waals surface area contributed by atoms with Crippen molar-refractivity contribution in [3.63, 3.8) is 0 Å². The summed E-state index contributed by atoms with van der Waals surface area (Å²) < 4.78 is 0. The van der Waals surface area contributed by atoms with Crippen molar-refractivity contribution in [2.24, 2.45) is 0 Å². The van der Waals surface area contributed by atoms with Gasteiger partial charge in [0.2, 0.25) is 11.8 Å². The molecule has 0 fully saturated rings. The fourth-order valence-corrected chi connectivity index (χ4v) is 5.14.